The zero-order chi connectivity index (χ0) is 14.7. The van der Waals surface area contributed by atoms with E-state index in [9.17, 15) is 4.39 Å². The molecule has 0 bridgehead atoms. The van der Waals surface area contributed by atoms with Gasteiger partial charge in [0, 0.05) is 12.1 Å². The van der Waals surface area contributed by atoms with Crippen molar-refractivity contribution in [3.05, 3.63) is 59.4 Å². The maximum Gasteiger partial charge on any atom is 0.131 e. The minimum Gasteiger partial charge on any atom is -0.313 e. The van der Waals surface area contributed by atoms with Crippen LogP contribution in [0, 0.1) is 5.82 Å². The van der Waals surface area contributed by atoms with E-state index in [0.717, 1.165) is 24.2 Å². The predicted octanol–water partition coefficient (Wildman–Crippen LogP) is 4.87. The summed E-state index contributed by atoms with van der Waals surface area (Å²) in [5.74, 6) is 0.541. The van der Waals surface area contributed by atoms with Crippen LogP contribution in [0.2, 0.25) is 0 Å². The molecule has 2 aromatic rings. The van der Waals surface area contributed by atoms with Crippen molar-refractivity contribution in [1.82, 2.24) is 5.32 Å². The second-order valence-electron chi connectivity index (χ2n) is 5.85. The van der Waals surface area contributed by atoms with E-state index >= 15 is 0 Å². The van der Waals surface area contributed by atoms with E-state index in [1.807, 2.05) is 18.2 Å². The molecule has 3 rings (SSSR count). The summed E-state index contributed by atoms with van der Waals surface area (Å²) in [6.45, 7) is 3.78. The molecule has 0 radical (unpaired) electrons. The van der Waals surface area contributed by atoms with Crippen LogP contribution in [0.3, 0.4) is 0 Å². The molecule has 2 heteroatoms. The van der Waals surface area contributed by atoms with E-state index in [-0.39, 0.29) is 5.82 Å². The molecule has 1 nitrogen and oxygen atoms in total. The van der Waals surface area contributed by atoms with Gasteiger partial charge in [-0.15, -0.1) is 0 Å². The fourth-order valence-electron chi connectivity index (χ4n) is 2.87. The Morgan fingerprint density at radius 3 is 2.71 bits per heavy atom. The van der Waals surface area contributed by atoms with Crippen molar-refractivity contribution in [3.8, 4) is 11.1 Å². The number of rotatable bonds is 5. The van der Waals surface area contributed by atoms with Crippen LogP contribution in [0.5, 0.6) is 0 Å². The Labute approximate surface area is 126 Å². The molecule has 0 aliphatic heterocycles. The molecule has 0 amide bonds. The summed E-state index contributed by atoms with van der Waals surface area (Å²) in [6.07, 6.45) is 3.86. The molecule has 1 aliphatic carbocycles. The van der Waals surface area contributed by atoms with Gasteiger partial charge in [-0.3, -0.25) is 0 Å². The Morgan fingerprint density at radius 2 is 2.00 bits per heavy atom. The van der Waals surface area contributed by atoms with E-state index < -0.39 is 0 Å². The van der Waals surface area contributed by atoms with Gasteiger partial charge in [0.15, 0.2) is 0 Å². The van der Waals surface area contributed by atoms with Crippen molar-refractivity contribution in [2.24, 2.45) is 0 Å². The van der Waals surface area contributed by atoms with Gasteiger partial charge in [-0.05, 0) is 54.1 Å². The van der Waals surface area contributed by atoms with Gasteiger partial charge < -0.3 is 5.32 Å². The molecular formula is C19H22FN. The third-order valence-electron chi connectivity index (χ3n) is 4.38. The highest BCUT2D eigenvalue weighted by molar-refractivity contribution is 5.66. The summed E-state index contributed by atoms with van der Waals surface area (Å²) in [4.78, 5) is 0. The summed E-state index contributed by atoms with van der Waals surface area (Å²) in [5, 5.41) is 3.29. The molecule has 0 spiro atoms. The molecule has 1 aliphatic rings. The standard InChI is InChI=1S/C19H22FN/c1-2-21-13-14-9-10-19(20)18(11-14)17-8-4-7-16(12-17)15-5-3-6-15/h4,7-12,15,21H,2-3,5-6,13H2,1H3. The average molecular weight is 283 g/mol. The quantitative estimate of drug-likeness (QED) is 0.825. The summed E-state index contributed by atoms with van der Waals surface area (Å²) >= 11 is 0. The molecule has 0 atom stereocenters. The monoisotopic (exact) mass is 283 g/mol. The van der Waals surface area contributed by atoms with Crippen molar-refractivity contribution in [1.29, 1.82) is 0 Å². The lowest BCUT2D eigenvalue weighted by atomic mass is 9.79. The predicted molar refractivity (Wildman–Crippen MR) is 85.8 cm³/mol. The molecule has 0 aromatic heterocycles. The topological polar surface area (TPSA) is 12.0 Å². The largest absolute Gasteiger partial charge is 0.313 e. The van der Waals surface area contributed by atoms with Gasteiger partial charge in [0.05, 0.1) is 0 Å². The van der Waals surface area contributed by atoms with Gasteiger partial charge in [-0.2, -0.15) is 0 Å². The summed E-state index contributed by atoms with van der Waals surface area (Å²) in [5.41, 5.74) is 4.19. The highest BCUT2D eigenvalue weighted by Crippen LogP contribution is 2.38. The van der Waals surface area contributed by atoms with E-state index in [2.05, 4.69) is 30.4 Å². The van der Waals surface area contributed by atoms with Crippen LogP contribution in [-0.4, -0.2) is 6.54 Å². The minimum atomic E-state index is -0.138. The van der Waals surface area contributed by atoms with E-state index in [1.54, 1.807) is 6.07 Å². The van der Waals surface area contributed by atoms with Gasteiger partial charge in [-0.1, -0.05) is 43.7 Å². The summed E-state index contributed by atoms with van der Waals surface area (Å²) in [7, 11) is 0. The number of benzene rings is 2. The maximum absolute atomic E-state index is 14.2. The van der Waals surface area contributed by atoms with E-state index in [0.29, 0.717) is 11.5 Å². The van der Waals surface area contributed by atoms with Crippen LogP contribution in [0.1, 0.15) is 43.2 Å². The SMILES string of the molecule is CCNCc1ccc(F)c(-c2cccc(C3CCC3)c2)c1. The summed E-state index contributed by atoms with van der Waals surface area (Å²) in [6, 6.07) is 13.8. The van der Waals surface area contributed by atoms with E-state index in [4.69, 9.17) is 0 Å². The van der Waals surface area contributed by atoms with Crippen molar-refractivity contribution in [2.45, 2.75) is 38.6 Å². The number of hydrogen-bond acceptors (Lipinski definition) is 1. The zero-order valence-electron chi connectivity index (χ0n) is 12.5. The Hall–Kier alpha value is -1.67. The lowest BCUT2D eigenvalue weighted by Crippen LogP contribution is -2.11. The zero-order valence-corrected chi connectivity index (χ0v) is 12.5. The van der Waals surface area contributed by atoms with Gasteiger partial charge in [0.25, 0.3) is 0 Å². The second kappa shape index (κ2) is 6.40. The first-order valence-electron chi connectivity index (χ1n) is 7.87. The molecule has 0 heterocycles. The minimum absolute atomic E-state index is 0.138. The van der Waals surface area contributed by atoms with Crippen LogP contribution in [0.25, 0.3) is 11.1 Å². The molecule has 0 saturated heterocycles. The Balaban J connectivity index is 1.91. The molecular weight excluding hydrogens is 261 g/mol. The molecule has 2 aromatic carbocycles. The lowest BCUT2D eigenvalue weighted by Gasteiger charge is -2.26. The Bertz CT molecular complexity index is 617. The number of halogens is 1. The fraction of sp³-hybridized carbons (Fsp3) is 0.368. The molecule has 1 fully saturated rings. The van der Waals surface area contributed by atoms with Gasteiger partial charge in [0.2, 0.25) is 0 Å². The maximum atomic E-state index is 14.2. The Morgan fingerprint density at radius 1 is 1.14 bits per heavy atom. The van der Waals surface area contributed by atoms with Gasteiger partial charge >= 0.3 is 0 Å². The van der Waals surface area contributed by atoms with Crippen molar-refractivity contribution < 1.29 is 4.39 Å². The highest BCUT2D eigenvalue weighted by atomic mass is 19.1. The first kappa shape index (κ1) is 14.3. The lowest BCUT2D eigenvalue weighted by molar-refractivity contribution is 0.420. The molecule has 1 N–H and O–H groups in total. The second-order valence-corrected chi connectivity index (χ2v) is 5.85. The molecule has 1 saturated carbocycles. The number of hydrogen-bond donors (Lipinski definition) is 1. The fourth-order valence-corrected chi connectivity index (χ4v) is 2.87. The van der Waals surface area contributed by atoms with Crippen LogP contribution in [0.15, 0.2) is 42.5 Å². The van der Waals surface area contributed by atoms with Crippen molar-refractivity contribution in [2.75, 3.05) is 6.54 Å². The smallest absolute Gasteiger partial charge is 0.131 e. The molecule has 0 unspecified atom stereocenters. The van der Waals surface area contributed by atoms with Gasteiger partial charge in [0.1, 0.15) is 5.82 Å². The van der Waals surface area contributed by atoms with Gasteiger partial charge in [-0.25, -0.2) is 4.39 Å². The number of nitrogens with one attached hydrogen (secondary N) is 1. The van der Waals surface area contributed by atoms with Crippen LogP contribution in [0.4, 0.5) is 4.39 Å². The van der Waals surface area contributed by atoms with Crippen LogP contribution >= 0.6 is 0 Å². The third kappa shape index (κ3) is 3.16. The summed E-state index contributed by atoms with van der Waals surface area (Å²) < 4.78 is 14.2. The molecule has 110 valence electrons. The highest BCUT2D eigenvalue weighted by Gasteiger charge is 2.19. The first-order valence-corrected chi connectivity index (χ1v) is 7.87. The normalized spacial score (nSPS) is 15.0. The third-order valence-corrected chi connectivity index (χ3v) is 4.38. The Kier molecular flexibility index (Phi) is 4.35. The van der Waals surface area contributed by atoms with Crippen molar-refractivity contribution in [3.63, 3.8) is 0 Å². The van der Waals surface area contributed by atoms with Crippen LogP contribution < -0.4 is 5.32 Å². The average Bonchev–Trinajstić information content (AvgIpc) is 2.45. The van der Waals surface area contributed by atoms with Crippen LogP contribution in [-0.2, 0) is 6.54 Å². The molecule has 21 heavy (non-hydrogen) atoms. The van der Waals surface area contributed by atoms with Crippen molar-refractivity contribution >= 4 is 0 Å². The van der Waals surface area contributed by atoms with E-state index in [1.165, 1.54) is 24.8 Å². The first-order chi connectivity index (χ1) is 10.3.